The van der Waals surface area contributed by atoms with E-state index in [1.807, 2.05) is 0 Å². The van der Waals surface area contributed by atoms with Crippen molar-refractivity contribution >= 4 is 29.1 Å². The van der Waals surface area contributed by atoms with E-state index >= 15 is 0 Å². The van der Waals surface area contributed by atoms with Crippen LogP contribution in [0.4, 0.5) is 10.1 Å². The average molecular weight is 321 g/mol. The summed E-state index contributed by atoms with van der Waals surface area (Å²) < 4.78 is 12.7. The van der Waals surface area contributed by atoms with Gasteiger partial charge in [-0.05, 0) is 29.8 Å². The number of rotatable bonds is 5. The molecule has 4 nitrogen and oxygen atoms in total. The fourth-order valence-electron chi connectivity index (χ4n) is 1.77. The minimum atomic E-state index is -0.454. The lowest BCUT2D eigenvalue weighted by atomic mass is 10.2. The Morgan fingerprint density at radius 3 is 2.36 bits per heavy atom. The first-order valence-corrected chi connectivity index (χ1v) is 6.98. The van der Waals surface area contributed by atoms with Gasteiger partial charge in [0.2, 0.25) is 11.8 Å². The van der Waals surface area contributed by atoms with E-state index in [1.165, 1.54) is 12.1 Å². The minimum absolute atomic E-state index is 0.235. The molecule has 22 heavy (non-hydrogen) atoms. The van der Waals surface area contributed by atoms with Crippen LogP contribution in [-0.2, 0) is 16.1 Å². The molecule has 6 heteroatoms. The van der Waals surface area contributed by atoms with Crippen LogP contribution in [0.1, 0.15) is 12.0 Å². The lowest BCUT2D eigenvalue weighted by molar-refractivity contribution is -0.126. The van der Waals surface area contributed by atoms with E-state index in [0.29, 0.717) is 10.7 Å². The highest BCUT2D eigenvalue weighted by Crippen LogP contribution is 2.20. The minimum Gasteiger partial charge on any atom is -0.352 e. The Kier molecular flexibility index (Phi) is 5.49. The summed E-state index contributed by atoms with van der Waals surface area (Å²) in [7, 11) is 0. The van der Waals surface area contributed by atoms with Crippen molar-refractivity contribution in [1.29, 1.82) is 0 Å². The number of amides is 2. The van der Waals surface area contributed by atoms with Gasteiger partial charge in [-0.15, -0.1) is 0 Å². The van der Waals surface area contributed by atoms with Crippen LogP contribution in [0.25, 0.3) is 0 Å². The smallest absolute Gasteiger partial charge is 0.233 e. The van der Waals surface area contributed by atoms with Crippen LogP contribution in [0, 0.1) is 5.82 Å². The van der Waals surface area contributed by atoms with Gasteiger partial charge < -0.3 is 10.6 Å². The van der Waals surface area contributed by atoms with Crippen molar-refractivity contribution < 1.29 is 14.0 Å². The first-order valence-electron chi connectivity index (χ1n) is 6.60. The first-order chi connectivity index (χ1) is 10.5. The maximum absolute atomic E-state index is 12.7. The molecule has 0 aliphatic rings. The molecule has 2 amide bonds. The van der Waals surface area contributed by atoms with Gasteiger partial charge in [0, 0.05) is 6.54 Å². The third kappa shape index (κ3) is 4.86. The normalized spacial score (nSPS) is 10.1. The molecule has 114 valence electrons. The summed E-state index contributed by atoms with van der Waals surface area (Å²) in [5.74, 6) is -1.22. The number of para-hydroxylation sites is 1. The molecule has 2 N–H and O–H groups in total. The fourth-order valence-corrected chi connectivity index (χ4v) is 1.95. The van der Waals surface area contributed by atoms with Crippen molar-refractivity contribution in [2.24, 2.45) is 0 Å². The van der Waals surface area contributed by atoms with Crippen LogP contribution in [-0.4, -0.2) is 11.8 Å². The molecule has 2 aromatic rings. The zero-order chi connectivity index (χ0) is 15.9. The summed E-state index contributed by atoms with van der Waals surface area (Å²) in [4.78, 5) is 23.4. The van der Waals surface area contributed by atoms with Crippen molar-refractivity contribution in [1.82, 2.24) is 5.32 Å². The van der Waals surface area contributed by atoms with Crippen molar-refractivity contribution in [2.75, 3.05) is 5.32 Å². The molecule has 0 heterocycles. The van der Waals surface area contributed by atoms with E-state index in [4.69, 9.17) is 11.6 Å². The fraction of sp³-hybridized carbons (Fsp3) is 0.125. The Morgan fingerprint density at radius 1 is 1.00 bits per heavy atom. The summed E-state index contributed by atoms with van der Waals surface area (Å²) in [5.41, 5.74) is 1.21. The van der Waals surface area contributed by atoms with Crippen LogP contribution in [0.15, 0.2) is 48.5 Å². The van der Waals surface area contributed by atoms with Gasteiger partial charge in [0.05, 0.1) is 10.7 Å². The molecular formula is C16H14ClFN2O2. The number of benzene rings is 2. The predicted octanol–water partition coefficient (Wildman–Crippen LogP) is 3.12. The van der Waals surface area contributed by atoms with Crippen LogP contribution >= 0.6 is 11.6 Å². The molecule has 0 saturated heterocycles. The summed E-state index contributed by atoms with van der Waals surface area (Å²) in [6.07, 6.45) is -0.313. The van der Waals surface area contributed by atoms with E-state index in [2.05, 4.69) is 10.6 Å². The van der Waals surface area contributed by atoms with Gasteiger partial charge in [0.1, 0.15) is 12.2 Å². The average Bonchev–Trinajstić information content (AvgIpc) is 2.49. The van der Waals surface area contributed by atoms with E-state index < -0.39 is 11.8 Å². The van der Waals surface area contributed by atoms with Crippen LogP contribution < -0.4 is 10.6 Å². The molecule has 0 fully saturated rings. The second-order valence-corrected chi connectivity index (χ2v) is 5.02. The van der Waals surface area contributed by atoms with Gasteiger partial charge >= 0.3 is 0 Å². The number of nitrogens with one attached hydrogen (secondary N) is 2. The molecule has 0 radical (unpaired) electrons. The van der Waals surface area contributed by atoms with Gasteiger partial charge in [-0.1, -0.05) is 35.9 Å². The third-order valence-electron chi connectivity index (χ3n) is 2.87. The summed E-state index contributed by atoms with van der Waals surface area (Å²) in [6, 6.07) is 12.5. The van der Waals surface area contributed by atoms with E-state index in [-0.39, 0.29) is 18.8 Å². The van der Waals surface area contributed by atoms with Gasteiger partial charge in [-0.25, -0.2) is 4.39 Å². The molecule has 2 aromatic carbocycles. The van der Waals surface area contributed by atoms with Crippen molar-refractivity contribution in [2.45, 2.75) is 13.0 Å². The topological polar surface area (TPSA) is 58.2 Å². The van der Waals surface area contributed by atoms with Crippen molar-refractivity contribution in [3.05, 3.63) is 64.9 Å². The Bertz CT molecular complexity index is 674. The predicted molar refractivity (Wildman–Crippen MR) is 82.9 cm³/mol. The molecule has 0 bridgehead atoms. The lowest BCUT2D eigenvalue weighted by Gasteiger charge is -2.08. The van der Waals surface area contributed by atoms with Crippen molar-refractivity contribution in [3.63, 3.8) is 0 Å². The lowest BCUT2D eigenvalue weighted by Crippen LogP contribution is -2.27. The molecule has 0 spiro atoms. The van der Waals surface area contributed by atoms with Gasteiger partial charge in [-0.3, -0.25) is 9.59 Å². The SMILES string of the molecule is O=C(CC(=O)Nc1ccccc1Cl)NCc1ccc(F)cc1. The maximum atomic E-state index is 12.7. The molecule has 0 saturated carbocycles. The number of halogens is 2. The van der Waals surface area contributed by atoms with Crippen molar-refractivity contribution in [3.8, 4) is 0 Å². The molecule has 0 aliphatic carbocycles. The van der Waals surface area contributed by atoms with Gasteiger partial charge in [0.15, 0.2) is 0 Å². The zero-order valence-corrected chi connectivity index (χ0v) is 12.4. The monoisotopic (exact) mass is 320 g/mol. The van der Waals surface area contributed by atoms with Gasteiger partial charge in [0.25, 0.3) is 0 Å². The highest BCUT2D eigenvalue weighted by molar-refractivity contribution is 6.33. The number of hydrogen-bond acceptors (Lipinski definition) is 2. The largest absolute Gasteiger partial charge is 0.352 e. The third-order valence-corrected chi connectivity index (χ3v) is 3.20. The Morgan fingerprint density at radius 2 is 1.68 bits per heavy atom. The Hall–Kier alpha value is -2.40. The second kappa shape index (κ2) is 7.56. The Balaban J connectivity index is 1.80. The van der Waals surface area contributed by atoms with Crippen LogP contribution in [0.5, 0.6) is 0 Å². The first kappa shape index (κ1) is 16.0. The molecule has 0 unspecified atom stereocenters. The van der Waals surface area contributed by atoms with E-state index in [1.54, 1.807) is 36.4 Å². The molecule has 0 aromatic heterocycles. The standard InChI is InChI=1S/C16H14ClFN2O2/c17-13-3-1-2-4-14(13)20-16(22)9-15(21)19-10-11-5-7-12(18)8-6-11/h1-8H,9-10H2,(H,19,21)(H,20,22). The highest BCUT2D eigenvalue weighted by atomic mass is 35.5. The molecule has 0 aliphatic heterocycles. The number of anilines is 1. The maximum Gasteiger partial charge on any atom is 0.233 e. The quantitative estimate of drug-likeness (QED) is 0.832. The van der Waals surface area contributed by atoms with Crippen LogP contribution in [0.2, 0.25) is 5.02 Å². The highest BCUT2D eigenvalue weighted by Gasteiger charge is 2.10. The number of hydrogen-bond donors (Lipinski definition) is 2. The van der Waals surface area contributed by atoms with Crippen LogP contribution in [0.3, 0.4) is 0 Å². The molecular weight excluding hydrogens is 307 g/mol. The summed E-state index contributed by atoms with van der Waals surface area (Å²) >= 11 is 5.91. The second-order valence-electron chi connectivity index (χ2n) is 4.61. The van der Waals surface area contributed by atoms with Gasteiger partial charge in [-0.2, -0.15) is 0 Å². The Labute approximate surface area is 132 Å². The van der Waals surface area contributed by atoms with E-state index in [0.717, 1.165) is 5.56 Å². The molecule has 2 rings (SSSR count). The number of carbonyl (C=O) groups is 2. The number of carbonyl (C=O) groups excluding carboxylic acids is 2. The molecule has 0 atom stereocenters. The summed E-state index contributed by atoms with van der Waals surface area (Å²) in [6.45, 7) is 0.235. The summed E-state index contributed by atoms with van der Waals surface area (Å²) in [5, 5.41) is 5.57. The zero-order valence-electron chi connectivity index (χ0n) is 11.6. The van der Waals surface area contributed by atoms with E-state index in [9.17, 15) is 14.0 Å².